The number of hydrogen-bond acceptors (Lipinski definition) is 3. The molecule has 1 aliphatic rings. The molecule has 0 spiro atoms. The maximum Gasteiger partial charge on any atom is 0.219 e. The summed E-state index contributed by atoms with van der Waals surface area (Å²) in [5.74, 6) is 0.981. The molecule has 110 valence electrons. The number of ether oxygens (including phenoxy) is 1. The summed E-state index contributed by atoms with van der Waals surface area (Å²) in [6.07, 6.45) is 2.64. The van der Waals surface area contributed by atoms with Crippen LogP contribution in [0.4, 0.5) is 0 Å². The van der Waals surface area contributed by atoms with Gasteiger partial charge in [0.25, 0.3) is 0 Å². The summed E-state index contributed by atoms with van der Waals surface area (Å²) in [5.41, 5.74) is 1.12. The molecule has 0 aliphatic carbocycles. The quantitative estimate of drug-likeness (QED) is 0.798. The summed E-state index contributed by atoms with van der Waals surface area (Å²) < 4.78 is 5.75. The molecule has 0 unspecified atom stereocenters. The predicted molar refractivity (Wildman–Crippen MR) is 79.8 cm³/mol. The average Bonchev–Trinajstić information content (AvgIpc) is 2.94. The molecule has 0 radical (unpaired) electrons. The maximum absolute atomic E-state index is 11.2. The van der Waals surface area contributed by atoms with Gasteiger partial charge in [-0.25, -0.2) is 0 Å². The van der Waals surface area contributed by atoms with Crippen molar-refractivity contribution in [1.82, 2.24) is 9.80 Å². The van der Waals surface area contributed by atoms with Crippen LogP contribution in [0.3, 0.4) is 0 Å². The van der Waals surface area contributed by atoms with Crippen molar-refractivity contribution in [3.05, 3.63) is 29.8 Å². The Kier molecular flexibility index (Phi) is 5.41. The van der Waals surface area contributed by atoms with Crippen LogP contribution in [-0.2, 0) is 11.3 Å². The molecule has 1 aromatic rings. The lowest BCUT2D eigenvalue weighted by Crippen LogP contribution is -2.25. The first-order chi connectivity index (χ1) is 9.65. The zero-order valence-corrected chi connectivity index (χ0v) is 12.5. The highest BCUT2D eigenvalue weighted by atomic mass is 16.5. The first kappa shape index (κ1) is 14.9. The van der Waals surface area contributed by atoms with Gasteiger partial charge < -0.3 is 9.64 Å². The summed E-state index contributed by atoms with van der Waals surface area (Å²) in [5, 5.41) is 0. The Labute approximate surface area is 121 Å². The number of likely N-dealkylation sites (tertiary alicyclic amines) is 1. The Morgan fingerprint density at radius 2 is 1.90 bits per heavy atom. The third kappa shape index (κ3) is 4.53. The van der Waals surface area contributed by atoms with Crippen molar-refractivity contribution in [2.45, 2.75) is 26.3 Å². The van der Waals surface area contributed by atoms with E-state index >= 15 is 0 Å². The smallest absolute Gasteiger partial charge is 0.219 e. The van der Waals surface area contributed by atoms with Gasteiger partial charge in [-0.2, -0.15) is 0 Å². The van der Waals surface area contributed by atoms with Crippen molar-refractivity contribution in [3.63, 3.8) is 0 Å². The normalized spacial score (nSPS) is 15.3. The molecule has 0 atom stereocenters. The summed E-state index contributed by atoms with van der Waals surface area (Å²) in [7, 11) is 1.81. The second-order valence-electron chi connectivity index (χ2n) is 5.42. The average molecular weight is 276 g/mol. The highest BCUT2D eigenvalue weighted by Gasteiger charge is 2.10. The Balaban J connectivity index is 1.74. The van der Waals surface area contributed by atoms with Crippen molar-refractivity contribution in [2.75, 3.05) is 33.3 Å². The van der Waals surface area contributed by atoms with E-state index in [1.165, 1.54) is 25.9 Å². The molecule has 1 heterocycles. The largest absolute Gasteiger partial charge is 0.492 e. The Morgan fingerprint density at radius 3 is 2.50 bits per heavy atom. The summed E-state index contributed by atoms with van der Waals surface area (Å²) in [6.45, 7) is 6.39. The lowest BCUT2D eigenvalue weighted by molar-refractivity contribution is -0.128. The Hall–Kier alpha value is -1.55. The lowest BCUT2D eigenvalue weighted by atomic mass is 10.2. The molecule has 1 fully saturated rings. The number of hydrogen-bond donors (Lipinski definition) is 0. The number of benzene rings is 1. The van der Waals surface area contributed by atoms with Crippen LogP contribution in [0.25, 0.3) is 0 Å². The van der Waals surface area contributed by atoms with E-state index in [1.54, 1.807) is 11.8 Å². The first-order valence-corrected chi connectivity index (χ1v) is 7.31. The van der Waals surface area contributed by atoms with Crippen LogP contribution in [0.1, 0.15) is 25.3 Å². The molecule has 0 aromatic heterocycles. The highest BCUT2D eigenvalue weighted by Crippen LogP contribution is 2.14. The third-order valence-electron chi connectivity index (χ3n) is 3.76. The molecule has 1 aliphatic heterocycles. The lowest BCUT2D eigenvalue weighted by Gasteiger charge is -2.16. The van der Waals surface area contributed by atoms with Gasteiger partial charge in [0, 0.05) is 27.1 Å². The van der Waals surface area contributed by atoms with E-state index in [4.69, 9.17) is 4.74 Å². The van der Waals surface area contributed by atoms with Gasteiger partial charge in [0.1, 0.15) is 12.4 Å². The van der Waals surface area contributed by atoms with Crippen molar-refractivity contribution < 1.29 is 9.53 Å². The maximum atomic E-state index is 11.2. The molecule has 2 rings (SSSR count). The van der Waals surface area contributed by atoms with Crippen LogP contribution >= 0.6 is 0 Å². The van der Waals surface area contributed by atoms with Gasteiger partial charge in [-0.05, 0) is 43.6 Å². The van der Waals surface area contributed by atoms with Crippen LogP contribution in [0.5, 0.6) is 5.75 Å². The van der Waals surface area contributed by atoms with E-state index < -0.39 is 0 Å². The molecule has 1 amide bonds. The molecule has 0 saturated carbocycles. The van der Waals surface area contributed by atoms with Gasteiger partial charge in [0.2, 0.25) is 5.91 Å². The minimum atomic E-state index is 0.0796. The third-order valence-corrected chi connectivity index (χ3v) is 3.76. The molecule has 1 saturated heterocycles. The molecular weight excluding hydrogens is 252 g/mol. The minimum Gasteiger partial charge on any atom is -0.492 e. The van der Waals surface area contributed by atoms with Crippen molar-refractivity contribution in [1.29, 1.82) is 0 Å². The van der Waals surface area contributed by atoms with Gasteiger partial charge in [-0.3, -0.25) is 9.69 Å². The van der Waals surface area contributed by atoms with Crippen molar-refractivity contribution in [2.24, 2.45) is 0 Å². The Morgan fingerprint density at radius 1 is 1.25 bits per heavy atom. The second kappa shape index (κ2) is 7.29. The zero-order valence-electron chi connectivity index (χ0n) is 12.5. The van der Waals surface area contributed by atoms with Gasteiger partial charge >= 0.3 is 0 Å². The first-order valence-electron chi connectivity index (χ1n) is 7.31. The van der Waals surface area contributed by atoms with Gasteiger partial charge in [-0.15, -0.1) is 0 Å². The molecular formula is C16H24N2O2. The van der Waals surface area contributed by atoms with Crippen LogP contribution in [0.15, 0.2) is 24.3 Å². The van der Waals surface area contributed by atoms with Crippen molar-refractivity contribution >= 4 is 5.91 Å². The highest BCUT2D eigenvalue weighted by molar-refractivity contribution is 5.72. The topological polar surface area (TPSA) is 32.8 Å². The number of nitrogens with zero attached hydrogens (tertiary/aromatic N) is 2. The second-order valence-corrected chi connectivity index (χ2v) is 5.42. The van der Waals surface area contributed by atoms with E-state index in [0.717, 1.165) is 24.5 Å². The molecule has 1 aromatic carbocycles. The monoisotopic (exact) mass is 276 g/mol. The fourth-order valence-electron chi connectivity index (χ4n) is 2.38. The fraction of sp³-hybridized carbons (Fsp3) is 0.562. The summed E-state index contributed by atoms with van der Waals surface area (Å²) in [6, 6.07) is 8.00. The molecule has 20 heavy (non-hydrogen) atoms. The number of carbonyl (C=O) groups is 1. The van der Waals surface area contributed by atoms with E-state index in [2.05, 4.69) is 4.90 Å². The predicted octanol–water partition coefficient (Wildman–Crippen LogP) is 2.14. The SMILES string of the molecule is CC(=O)N(C)Cc1ccc(OCCN2CCCC2)cc1. The molecule has 4 nitrogen and oxygen atoms in total. The standard InChI is InChI=1S/C16H24N2O2/c1-14(19)17(2)13-15-5-7-16(8-6-15)20-12-11-18-9-3-4-10-18/h5-8H,3-4,9-13H2,1-2H3. The van der Waals surface area contributed by atoms with Crippen LogP contribution in [-0.4, -0.2) is 49.0 Å². The van der Waals surface area contributed by atoms with Gasteiger partial charge in [0.05, 0.1) is 0 Å². The molecule has 0 bridgehead atoms. The van der Waals surface area contributed by atoms with E-state index in [-0.39, 0.29) is 5.91 Å². The summed E-state index contributed by atoms with van der Waals surface area (Å²) in [4.78, 5) is 15.3. The fourth-order valence-corrected chi connectivity index (χ4v) is 2.38. The molecule has 4 heteroatoms. The van der Waals surface area contributed by atoms with Crippen molar-refractivity contribution in [3.8, 4) is 5.75 Å². The number of rotatable bonds is 6. The van der Waals surface area contributed by atoms with E-state index in [0.29, 0.717) is 6.54 Å². The number of carbonyl (C=O) groups excluding carboxylic acids is 1. The van der Waals surface area contributed by atoms with Crippen LogP contribution < -0.4 is 4.74 Å². The summed E-state index contributed by atoms with van der Waals surface area (Å²) >= 11 is 0. The van der Waals surface area contributed by atoms with Gasteiger partial charge in [-0.1, -0.05) is 12.1 Å². The molecule has 0 N–H and O–H groups in total. The van der Waals surface area contributed by atoms with E-state index in [1.807, 2.05) is 31.3 Å². The zero-order chi connectivity index (χ0) is 14.4. The number of amides is 1. The van der Waals surface area contributed by atoms with Crippen LogP contribution in [0.2, 0.25) is 0 Å². The minimum absolute atomic E-state index is 0.0796. The Bertz CT molecular complexity index is 425. The van der Waals surface area contributed by atoms with Gasteiger partial charge in [0.15, 0.2) is 0 Å². The van der Waals surface area contributed by atoms with Crippen LogP contribution in [0, 0.1) is 0 Å². The van der Waals surface area contributed by atoms with E-state index in [9.17, 15) is 4.79 Å².